The lowest BCUT2D eigenvalue weighted by atomic mass is 10.3. The minimum atomic E-state index is -0.999. The third kappa shape index (κ3) is 2.96. The van der Waals surface area contributed by atoms with Gasteiger partial charge in [-0.15, -0.1) is 11.3 Å². The van der Waals surface area contributed by atoms with E-state index in [1.165, 1.54) is 23.7 Å². The Labute approximate surface area is 108 Å². The molecule has 0 atom stereocenters. The summed E-state index contributed by atoms with van der Waals surface area (Å²) >= 11 is 1.54. The van der Waals surface area contributed by atoms with E-state index < -0.39 is 5.97 Å². The molecular weight excluding hydrogens is 254 g/mol. The number of aromatic carboxylic acids is 1. The Balaban J connectivity index is 2.06. The number of thiazole rings is 1. The van der Waals surface area contributed by atoms with Gasteiger partial charge >= 0.3 is 5.97 Å². The van der Waals surface area contributed by atoms with Gasteiger partial charge in [-0.1, -0.05) is 0 Å². The van der Waals surface area contributed by atoms with Crippen LogP contribution in [0, 0.1) is 0 Å². The van der Waals surface area contributed by atoms with E-state index in [9.17, 15) is 4.79 Å². The summed E-state index contributed by atoms with van der Waals surface area (Å²) in [5.41, 5.74) is 0.818. The fraction of sp³-hybridized carbons (Fsp3) is 0.333. The summed E-state index contributed by atoms with van der Waals surface area (Å²) in [7, 11) is 1.67. The maximum absolute atomic E-state index is 10.7. The summed E-state index contributed by atoms with van der Waals surface area (Å²) in [4.78, 5) is 15.1. The average molecular weight is 267 g/mol. The largest absolute Gasteiger partial charge is 0.478 e. The van der Waals surface area contributed by atoms with Crippen molar-refractivity contribution >= 4 is 17.3 Å². The van der Waals surface area contributed by atoms with E-state index in [4.69, 9.17) is 14.3 Å². The zero-order valence-corrected chi connectivity index (χ0v) is 10.7. The lowest BCUT2D eigenvalue weighted by molar-refractivity contribution is 0.0696. The normalized spacial score (nSPS) is 10.7. The fourth-order valence-electron chi connectivity index (χ4n) is 1.49. The third-order valence-corrected chi connectivity index (χ3v) is 3.30. The Hall–Kier alpha value is -1.66. The molecule has 0 saturated carbocycles. The molecule has 2 aromatic heterocycles. The van der Waals surface area contributed by atoms with Crippen LogP contribution in [0.1, 0.15) is 21.8 Å². The lowest BCUT2D eigenvalue weighted by Gasteiger charge is -1.95. The van der Waals surface area contributed by atoms with E-state index >= 15 is 0 Å². The standard InChI is InChI=1S/C12H13NO4S/c1-16-4-2-3-11-13-9(7-18-11)10-5-8(6-17-10)12(14)15/h5-7H,2-4H2,1H3,(H,14,15). The number of carboxylic acid groups (broad SMARTS) is 1. The maximum atomic E-state index is 10.7. The van der Waals surface area contributed by atoms with Crippen molar-refractivity contribution in [1.82, 2.24) is 4.98 Å². The molecule has 1 N–H and O–H groups in total. The van der Waals surface area contributed by atoms with E-state index in [0.29, 0.717) is 18.1 Å². The maximum Gasteiger partial charge on any atom is 0.338 e. The molecule has 0 aliphatic rings. The second kappa shape index (κ2) is 5.79. The number of hydrogen-bond acceptors (Lipinski definition) is 5. The minimum Gasteiger partial charge on any atom is -0.478 e. The zero-order valence-electron chi connectivity index (χ0n) is 9.88. The summed E-state index contributed by atoms with van der Waals surface area (Å²) in [5.74, 6) is -0.512. The van der Waals surface area contributed by atoms with E-state index in [2.05, 4.69) is 4.98 Å². The van der Waals surface area contributed by atoms with Gasteiger partial charge in [0.15, 0.2) is 5.76 Å². The molecule has 0 radical (unpaired) electrons. The van der Waals surface area contributed by atoms with Gasteiger partial charge in [0.2, 0.25) is 0 Å². The number of aromatic nitrogens is 1. The Kier molecular flexibility index (Phi) is 4.11. The summed E-state index contributed by atoms with van der Waals surface area (Å²) in [6, 6.07) is 1.48. The van der Waals surface area contributed by atoms with Crippen LogP contribution < -0.4 is 0 Å². The average Bonchev–Trinajstić information content (AvgIpc) is 2.97. The molecule has 6 heteroatoms. The van der Waals surface area contributed by atoms with Crippen molar-refractivity contribution in [3.63, 3.8) is 0 Å². The SMILES string of the molecule is COCCCc1nc(-c2cc(C(=O)O)co2)cs1. The van der Waals surface area contributed by atoms with Crippen LogP contribution in [-0.2, 0) is 11.2 Å². The Morgan fingerprint density at radius 2 is 2.44 bits per heavy atom. The van der Waals surface area contributed by atoms with Crippen molar-refractivity contribution in [2.75, 3.05) is 13.7 Å². The molecular formula is C12H13NO4S. The topological polar surface area (TPSA) is 72.6 Å². The van der Waals surface area contributed by atoms with Gasteiger partial charge in [-0.25, -0.2) is 9.78 Å². The number of hydrogen-bond donors (Lipinski definition) is 1. The molecule has 0 saturated heterocycles. The van der Waals surface area contributed by atoms with Gasteiger partial charge in [-0.05, 0) is 6.42 Å². The van der Waals surface area contributed by atoms with E-state index in [-0.39, 0.29) is 5.56 Å². The fourth-order valence-corrected chi connectivity index (χ4v) is 2.32. The number of rotatable bonds is 6. The molecule has 0 aliphatic carbocycles. The van der Waals surface area contributed by atoms with Crippen LogP contribution in [0.5, 0.6) is 0 Å². The number of methoxy groups -OCH3 is 1. The molecule has 2 heterocycles. The summed E-state index contributed by atoms with van der Waals surface area (Å²) in [5, 5.41) is 11.7. The molecule has 0 unspecified atom stereocenters. The van der Waals surface area contributed by atoms with Gasteiger partial charge in [0, 0.05) is 31.6 Å². The van der Waals surface area contributed by atoms with Gasteiger partial charge in [0.25, 0.3) is 0 Å². The highest BCUT2D eigenvalue weighted by molar-refractivity contribution is 7.09. The third-order valence-electron chi connectivity index (χ3n) is 2.39. The molecule has 0 fully saturated rings. The highest BCUT2D eigenvalue weighted by atomic mass is 32.1. The first kappa shape index (κ1) is 12.8. The van der Waals surface area contributed by atoms with Crippen molar-refractivity contribution in [1.29, 1.82) is 0 Å². The highest BCUT2D eigenvalue weighted by Crippen LogP contribution is 2.24. The molecule has 18 heavy (non-hydrogen) atoms. The Morgan fingerprint density at radius 1 is 1.61 bits per heavy atom. The molecule has 5 nitrogen and oxygen atoms in total. The number of furan rings is 1. The van der Waals surface area contributed by atoms with Crippen LogP contribution in [-0.4, -0.2) is 29.8 Å². The first-order valence-corrected chi connectivity index (χ1v) is 6.34. The quantitative estimate of drug-likeness (QED) is 0.815. The zero-order chi connectivity index (χ0) is 13.0. The number of aryl methyl sites for hydroxylation is 1. The van der Waals surface area contributed by atoms with Crippen molar-refractivity contribution in [3.8, 4) is 11.5 Å². The molecule has 96 valence electrons. The van der Waals surface area contributed by atoms with Crippen molar-refractivity contribution in [3.05, 3.63) is 28.3 Å². The van der Waals surface area contributed by atoms with Gasteiger partial charge in [-0.3, -0.25) is 0 Å². The van der Waals surface area contributed by atoms with E-state index in [1.54, 1.807) is 7.11 Å². The van der Waals surface area contributed by atoms with E-state index in [1.807, 2.05) is 5.38 Å². The molecule has 2 aromatic rings. The molecule has 0 aliphatic heterocycles. The van der Waals surface area contributed by atoms with Crippen LogP contribution >= 0.6 is 11.3 Å². The minimum absolute atomic E-state index is 0.138. The summed E-state index contributed by atoms with van der Waals surface area (Å²) in [6.07, 6.45) is 2.99. The second-order valence-electron chi connectivity index (χ2n) is 3.73. The predicted molar refractivity (Wildman–Crippen MR) is 67.0 cm³/mol. The smallest absolute Gasteiger partial charge is 0.338 e. The summed E-state index contributed by atoms with van der Waals surface area (Å²) < 4.78 is 10.2. The summed E-state index contributed by atoms with van der Waals surface area (Å²) in [6.45, 7) is 0.707. The Bertz CT molecular complexity index is 532. The van der Waals surface area contributed by atoms with Gasteiger partial charge in [0.05, 0.1) is 10.6 Å². The highest BCUT2D eigenvalue weighted by Gasteiger charge is 2.12. The molecule has 0 spiro atoms. The van der Waals surface area contributed by atoms with Crippen molar-refractivity contribution in [2.45, 2.75) is 12.8 Å². The van der Waals surface area contributed by atoms with Crippen LogP contribution in [0.15, 0.2) is 22.1 Å². The van der Waals surface area contributed by atoms with Gasteiger partial charge < -0.3 is 14.3 Å². The first-order valence-electron chi connectivity index (χ1n) is 5.46. The number of carboxylic acids is 1. The lowest BCUT2D eigenvalue weighted by Crippen LogP contribution is -1.92. The van der Waals surface area contributed by atoms with Gasteiger partial charge in [-0.2, -0.15) is 0 Å². The predicted octanol–water partition coefficient (Wildman–Crippen LogP) is 2.68. The van der Waals surface area contributed by atoms with Crippen LogP contribution in [0.4, 0.5) is 0 Å². The van der Waals surface area contributed by atoms with Crippen LogP contribution in [0.25, 0.3) is 11.5 Å². The number of nitrogens with zero attached hydrogens (tertiary/aromatic N) is 1. The van der Waals surface area contributed by atoms with Crippen molar-refractivity contribution in [2.24, 2.45) is 0 Å². The van der Waals surface area contributed by atoms with Crippen LogP contribution in [0.3, 0.4) is 0 Å². The number of ether oxygens (including phenoxy) is 1. The second-order valence-corrected chi connectivity index (χ2v) is 4.67. The molecule has 0 bridgehead atoms. The first-order chi connectivity index (χ1) is 8.70. The van der Waals surface area contributed by atoms with Crippen molar-refractivity contribution < 1.29 is 19.1 Å². The monoisotopic (exact) mass is 267 g/mol. The molecule has 2 rings (SSSR count). The van der Waals surface area contributed by atoms with Crippen LogP contribution in [0.2, 0.25) is 0 Å². The Morgan fingerprint density at radius 3 is 3.11 bits per heavy atom. The van der Waals surface area contributed by atoms with Gasteiger partial charge in [0.1, 0.15) is 12.0 Å². The number of carbonyl (C=O) groups is 1. The molecule has 0 aromatic carbocycles. The molecule has 0 amide bonds. The van der Waals surface area contributed by atoms with E-state index in [0.717, 1.165) is 17.8 Å².